The summed E-state index contributed by atoms with van der Waals surface area (Å²) in [7, 11) is 1.74. The van der Waals surface area contributed by atoms with E-state index in [0.29, 0.717) is 25.0 Å². The summed E-state index contributed by atoms with van der Waals surface area (Å²) < 4.78 is 29.5. The van der Waals surface area contributed by atoms with Gasteiger partial charge in [-0.2, -0.15) is 0 Å². The molecule has 0 aromatic heterocycles. The zero-order chi connectivity index (χ0) is 19.5. The highest BCUT2D eigenvalue weighted by Gasteiger charge is 2.20. The summed E-state index contributed by atoms with van der Waals surface area (Å²) in [6, 6.07) is 6.81. The molecule has 2 atom stereocenters. The van der Waals surface area contributed by atoms with Gasteiger partial charge in [0.1, 0.15) is 5.75 Å². The Morgan fingerprint density at radius 3 is 2.74 bits per heavy atom. The molecule has 0 radical (unpaired) electrons. The fraction of sp³-hybridized carbons (Fsp3) is 0.700. The number of ether oxygens (including phenoxy) is 1. The lowest BCUT2D eigenvalue weighted by Crippen LogP contribution is -2.35. The Balaban J connectivity index is 1.62. The van der Waals surface area contributed by atoms with Gasteiger partial charge in [-0.3, -0.25) is 4.21 Å². The number of methoxy groups -OCH3 is 1. The highest BCUT2D eigenvalue weighted by Crippen LogP contribution is 2.29. The third-order valence-corrected chi connectivity index (χ3v) is 6.24. The number of hydrogen-bond donors (Lipinski definition) is 1. The van der Waals surface area contributed by atoms with Crippen LogP contribution in [0.25, 0.3) is 0 Å². The van der Waals surface area contributed by atoms with Crippen molar-refractivity contribution in [3.8, 4) is 5.75 Å². The average molecular weight is 416 g/mol. The van der Waals surface area contributed by atoms with E-state index in [2.05, 4.69) is 17.4 Å². The van der Waals surface area contributed by atoms with E-state index in [9.17, 15) is 8.76 Å². The summed E-state index contributed by atoms with van der Waals surface area (Å²) >= 11 is 3.52. The molecule has 154 valence electrons. The van der Waals surface area contributed by atoms with Gasteiger partial charge in [-0.1, -0.05) is 18.6 Å². The maximum Gasteiger partial charge on any atom is 0.122 e. The summed E-state index contributed by atoms with van der Waals surface area (Å²) in [6.45, 7) is 2.15. The molecule has 0 spiro atoms. The fourth-order valence-corrected chi connectivity index (χ4v) is 4.41. The predicted molar refractivity (Wildman–Crippen MR) is 111 cm³/mol. The largest absolute Gasteiger partial charge is 0.760 e. The first-order valence-corrected chi connectivity index (χ1v) is 11.5. The van der Waals surface area contributed by atoms with Crippen LogP contribution in [-0.2, 0) is 24.1 Å². The summed E-state index contributed by atoms with van der Waals surface area (Å²) in [5.74, 6) is 1.58. The van der Waals surface area contributed by atoms with Crippen molar-refractivity contribution in [1.29, 1.82) is 0 Å². The molecular weight excluding hydrogens is 384 g/mol. The van der Waals surface area contributed by atoms with Gasteiger partial charge in [0.2, 0.25) is 0 Å². The first-order valence-electron chi connectivity index (χ1n) is 9.94. The van der Waals surface area contributed by atoms with Crippen LogP contribution in [0.3, 0.4) is 0 Å². The van der Waals surface area contributed by atoms with E-state index in [1.54, 1.807) is 7.11 Å². The molecule has 0 aliphatic heterocycles. The van der Waals surface area contributed by atoms with Crippen molar-refractivity contribution in [3.05, 3.63) is 29.3 Å². The van der Waals surface area contributed by atoms with Crippen molar-refractivity contribution >= 4 is 22.9 Å². The first-order chi connectivity index (χ1) is 13.2. The maximum atomic E-state index is 11.2. The monoisotopic (exact) mass is 415 g/mol. The minimum absolute atomic E-state index is 0.495. The van der Waals surface area contributed by atoms with Gasteiger partial charge in [0.25, 0.3) is 0 Å². The number of nitrogens with zero attached hydrogens (tertiary/aromatic N) is 1. The second kappa shape index (κ2) is 12.7. The molecule has 1 aromatic carbocycles. The van der Waals surface area contributed by atoms with Gasteiger partial charge < -0.3 is 14.6 Å². The molecule has 0 bridgehead atoms. The van der Waals surface area contributed by atoms with Crippen LogP contribution in [0.5, 0.6) is 5.75 Å². The fourth-order valence-electron chi connectivity index (χ4n) is 3.66. The summed E-state index contributed by atoms with van der Waals surface area (Å²) in [4.78, 5) is 0. The number of unbranched alkanes of at least 4 members (excludes halogenated alkanes) is 3. The van der Waals surface area contributed by atoms with Crippen LogP contribution in [-0.4, -0.2) is 51.7 Å². The van der Waals surface area contributed by atoms with Crippen molar-refractivity contribution < 1.29 is 13.5 Å². The van der Waals surface area contributed by atoms with Gasteiger partial charge in [0.05, 0.1) is 7.11 Å². The number of halogens is 1. The smallest absolute Gasteiger partial charge is 0.122 e. The maximum absolute atomic E-state index is 11.2. The quantitative estimate of drug-likeness (QED) is 0.304. The van der Waals surface area contributed by atoms with Crippen LogP contribution in [0.15, 0.2) is 18.2 Å². The number of nitrogens with one attached hydrogen (secondary N) is 1. The number of aryl methyl sites for hydroxylation is 1. The van der Waals surface area contributed by atoms with Gasteiger partial charge in [0.15, 0.2) is 0 Å². The third-order valence-electron chi connectivity index (χ3n) is 5.18. The summed E-state index contributed by atoms with van der Waals surface area (Å²) in [5, 5.41) is 3.66. The zero-order valence-electron chi connectivity index (χ0n) is 16.3. The zero-order valence-corrected chi connectivity index (χ0v) is 17.8. The van der Waals surface area contributed by atoms with Crippen LogP contribution in [0.4, 0.5) is 0 Å². The van der Waals surface area contributed by atoms with Gasteiger partial charge in [-0.15, -0.1) is 11.6 Å². The molecule has 1 aromatic rings. The molecule has 0 amide bonds. The molecule has 0 fully saturated rings. The molecule has 7 heteroatoms. The van der Waals surface area contributed by atoms with E-state index in [4.69, 9.17) is 16.3 Å². The molecule has 1 aliphatic rings. The second-order valence-corrected chi connectivity index (χ2v) is 8.42. The standard InChI is InChI=1S/C20H33ClN2O3S/c1-26-20-9-7-8-17-10-11-18(16-19(17)20)22-13-4-2-5-14-23(27(24)25)15-6-3-12-21/h7-9,18,22H,2-6,10-16H2,1H3,(H,24,25)/p-1. The summed E-state index contributed by atoms with van der Waals surface area (Å²) in [6.07, 6.45) is 7.94. The molecule has 2 rings (SSSR count). The molecular formula is C20H32ClN2O3S-. The number of fused-ring (bicyclic) bond motifs is 1. The van der Waals surface area contributed by atoms with Crippen LogP contribution in [0, 0.1) is 0 Å². The van der Waals surface area contributed by atoms with Crippen molar-refractivity contribution in [2.24, 2.45) is 0 Å². The van der Waals surface area contributed by atoms with E-state index in [0.717, 1.165) is 63.7 Å². The highest BCUT2D eigenvalue weighted by atomic mass is 35.5. The number of hydrogen-bond acceptors (Lipinski definition) is 4. The molecule has 0 saturated carbocycles. The lowest BCUT2D eigenvalue weighted by atomic mass is 9.87. The van der Waals surface area contributed by atoms with Gasteiger partial charge in [-0.05, 0) is 68.7 Å². The van der Waals surface area contributed by atoms with E-state index >= 15 is 0 Å². The molecule has 27 heavy (non-hydrogen) atoms. The van der Waals surface area contributed by atoms with E-state index in [-0.39, 0.29) is 0 Å². The normalized spacial score (nSPS) is 17.7. The number of rotatable bonds is 13. The Labute approximate surface area is 171 Å². The van der Waals surface area contributed by atoms with Crippen LogP contribution >= 0.6 is 11.6 Å². The second-order valence-electron chi connectivity index (χ2n) is 7.09. The van der Waals surface area contributed by atoms with Gasteiger partial charge >= 0.3 is 0 Å². The Bertz CT molecular complexity index is 574. The molecule has 0 heterocycles. The van der Waals surface area contributed by atoms with Crippen molar-refractivity contribution in [2.45, 2.75) is 57.4 Å². The number of alkyl halides is 1. The van der Waals surface area contributed by atoms with Crippen LogP contribution in [0.1, 0.15) is 49.7 Å². The SMILES string of the molecule is COc1cccc2c1CC(NCCCCCN(CCCCCl)S(=O)[O-])CC2. The van der Waals surface area contributed by atoms with Crippen molar-refractivity contribution in [2.75, 3.05) is 32.6 Å². The van der Waals surface area contributed by atoms with E-state index < -0.39 is 11.3 Å². The lowest BCUT2D eigenvalue weighted by Gasteiger charge is -2.27. The minimum atomic E-state index is -2.13. The molecule has 1 N–H and O–H groups in total. The van der Waals surface area contributed by atoms with Gasteiger partial charge in [0, 0.05) is 36.3 Å². The molecule has 1 aliphatic carbocycles. The van der Waals surface area contributed by atoms with Crippen molar-refractivity contribution in [3.63, 3.8) is 0 Å². The van der Waals surface area contributed by atoms with E-state index in [1.165, 1.54) is 15.4 Å². The first kappa shape index (κ1) is 22.6. The average Bonchev–Trinajstić information content (AvgIpc) is 2.68. The molecule has 0 saturated heterocycles. The molecule has 2 unspecified atom stereocenters. The van der Waals surface area contributed by atoms with E-state index in [1.807, 2.05) is 6.07 Å². The third kappa shape index (κ3) is 7.70. The summed E-state index contributed by atoms with van der Waals surface area (Å²) in [5.41, 5.74) is 2.75. The number of benzene rings is 1. The Hall–Kier alpha value is -0.660. The van der Waals surface area contributed by atoms with Crippen LogP contribution < -0.4 is 10.1 Å². The minimum Gasteiger partial charge on any atom is -0.760 e. The van der Waals surface area contributed by atoms with Gasteiger partial charge in [-0.25, -0.2) is 4.31 Å². The Morgan fingerprint density at radius 2 is 2.04 bits per heavy atom. The lowest BCUT2D eigenvalue weighted by molar-refractivity contribution is 0.368. The predicted octanol–water partition coefficient (Wildman–Crippen LogP) is 3.43. The topological polar surface area (TPSA) is 64.6 Å². The Kier molecular flexibility index (Phi) is 10.7. The Morgan fingerprint density at radius 1 is 1.26 bits per heavy atom. The van der Waals surface area contributed by atoms with Crippen molar-refractivity contribution in [1.82, 2.24) is 9.62 Å². The highest BCUT2D eigenvalue weighted by molar-refractivity contribution is 7.76. The van der Waals surface area contributed by atoms with Crippen LogP contribution in [0.2, 0.25) is 0 Å². The molecule has 5 nitrogen and oxygen atoms in total.